The van der Waals surface area contributed by atoms with Gasteiger partial charge in [-0.3, -0.25) is 4.79 Å². The van der Waals surface area contributed by atoms with Crippen molar-refractivity contribution >= 4 is 17.8 Å². The lowest BCUT2D eigenvalue weighted by molar-refractivity contribution is -0.168. The van der Waals surface area contributed by atoms with Gasteiger partial charge in [-0.1, -0.05) is 0 Å². The zero-order chi connectivity index (χ0) is 6.85. The quantitative estimate of drug-likeness (QED) is 0.237. The molecule has 48 valence electrons. The lowest BCUT2D eigenvalue weighted by atomic mass is 10.5. The van der Waals surface area contributed by atoms with E-state index in [0.717, 1.165) is 0 Å². The Hall–Kier alpha value is -1.39. The average Bonchev–Trinajstić information content (AvgIpc) is 1.80. The number of morpholine rings is 1. The van der Waals surface area contributed by atoms with Gasteiger partial charge < -0.3 is 10.1 Å². The number of ether oxygens (including phenoxy) is 1. The van der Waals surface area contributed by atoms with Crippen molar-refractivity contribution in [2.45, 2.75) is 0 Å². The Morgan fingerprint density at radius 2 is 2.00 bits per heavy atom. The minimum Gasteiger partial charge on any atom is -0.384 e. The van der Waals surface area contributed by atoms with E-state index in [9.17, 15) is 14.4 Å². The van der Waals surface area contributed by atoms with Crippen molar-refractivity contribution in [3.05, 3.63) is 0 Å². The fourth-order valence-corrected chi connectivity index (χ4v) is 0.410. The first-order valence-corrected chi connectivity index (χ1v) is 2.23. The molecular formula is C4H3NO4. The molecule has 5 heteroatoms. The number of hydrogen-bond donors (Lipinski definition) is 1. The molecule has 1 aliphatic rings. The van der Waals surface area contributed by atoms with Crippen LogP contribution in [0, 0.1) is 0 Å². The van der Waals surface area contributed by atoms with E-state index in [1.807, 2.05) is 5.32 Å². The Labute approximate surface area is 50.0 Å². The van der Waals surface area contributed by atoms with Crippen LogP contribution in [0.2, 0.25) is 0 Å². The van der Waals surface area contributed by atoms with Gasteiger partial charge in [0.05, 0.1) is 0 Å². The van der Waals surface area contributed by atoms with E-state index >= 15 is 0 Å². The molecule has 1 rings (SSSR count). The lowest BCUT2D eigenvalue weighted by Crippen LogP contribution is -2.44. The topological polar surface area (TPSA) is 72.5 Å². The van der Waals surface area contributed by atoms with Crippen molar-refractivity contribution in [1.82, 2.24) is 5.32 Å². The third kappa shape index (κ3) is 1.04. The van der Waals surface area contributed by atoms with Gasteiger partial charge in [0.25, 0.3) is 0 Å². The number of amides is 1. The number of esters is 2. The number of rotatable bonds is 0. The molecule has 0 atom stereocenters. The molecule has 1 N–H and O–H groups in total. The van der Waals surface area contributed by atoms with Crippen LogP contribution in [0.25, 0.3) is 0 Å². The molecule has 0 unspecified atom stereocenters. The summed E-state index contributed by atoms with van der Waals surface area (Å²) < 4.78 is 3.91. The molecule has 0 aromatic carbocycles. The van der Waals surface area contributed by atoms with Gasteiger partial charge in [0.15, 0.2) is 0 Å². The Morgan fingerprint density at radius 3 is 2.44 bits per heavy atom. The van der Waals surface area contributed by atoms with Gasteiger partial charge in [-0.05, 0) is 0 Å². The molecular weight excluding hydrogens is 126 g/mol. The standard InChI is InChI=1S/C4H3NO4/c6-2-1-5-3(7)4(8)9-2/h1H2,(H,5,7). The smallest absolute Gasteiger partial charge is 0.384 e. The third-order valence-electron chi connectivity index (χ3n) is 0.785. The predicted octanol–water partition coefficient (Wildman–Crippen LogP) is -1.81. The summed E-state index contributed by atoms with van der Waals surface area (Å²) in [6.45, 7) is -0.218. The maximum absolute atomic E-state index is 10.2. The van der Waals surface area contributed by atoms with Gasteiger partial charge in [-0.25, -0.2) is 9.59 Å². The van der Waals surface area contributed by atoms with Crippen LogP contribution >= 0.6 is 0 Å². The molecule has 0 radical (unpaired) electrons. The summed E-state index contributed by atoms with van der Waals surface area (Å²) >= 11 is 0. The van der Waals surface area contributed by atoms with Crippen LogP contribution < -0.4 is 5.32 Å². The highest BCUT2D eigenvalue weighted by Gasteiger charge is 2.25. The highest BCUT2D eigenvalue weighted by atomic mass is 16.6. The van der Waals surface area contributed by atoms with Gasteiger partial charge in [-0.15, -0.1) is 0 Å². The van der Waals surface area contributed by atoms with Crippen molar-refractivity contribution < 1.29 is 19.1 Å². The first kappa shape index (κ1) is 5.74. The van der Waals surface area contributed by atoms with Crippen LogP contribution in [0.15, 0.2) is 0 Å². The summed E-state index contributed by atoms with van der Waals surface area (Å²) in [4.78, 5) is 30.5. The second kappa shape index (κ2) is 1.85. The average molecular weight is 129 g/mol. The maximum Gasteiger partial charge on any atom is 0.404 e. The van der Waals surface area contributed by atoms with Gasteiger partial charge >= 0.3 is 17.8 Å². The molecule has 1 saturated heterocycles. The van der Waals surface area contributed by atoms with E-state index in [2.05, 4.69) is 4.74 Å². The molecule has 1 heterocycles. The SMILES string of the molecule is O=C1CNC(=O)C(=O)O1. The normalized spacial score (nSPS) is 18.9. The van der Waals surface area contributed by atoms with Gasteiger partial charge in [-0.2, -0.15) is 0 Å². The second-order valence-electron chi connectivity index (χ2n) is 1.44. The minimum atomic E-state index is -1.13. The van der Waals surface area contributed by atoms with E-state index in [0.29, 0.717) is 0 Å². The van der Waals surface area contributed by atoms with Gasteiger partial charge in [0, 0.05) is 0 Å². The highest BCUT2D eigenvalue weighted by Crippen LogP contribution is 1.86. The summed E-state index contributed by atoms with van der Waals surface area (Å²) in [5, 5.41) is 2.02. The van der Waals surface area contributed by atoms with E-state index < -0.39 is 17.8 Å². The van der Waals surface area contributed by atoms with Crippen LogP contribution in [0.4, 0.5) is 0 Å². The summed E-state index contributed by atoms with van der Waals surface area (Å²) in [6, 6.07) is 0. The fourth-order valence-electron chi connectivity index (χ4n) is 0.410. The zero-order valence-electron chi connectivity index (χ0n) is 4.34. The van der Waals surface area contributed by atoms with Crippen LogP contribution in [0.5, 0.6) is 0 Å². The largest absolute Gasteiger partial charge is 0.404 e. The predicted molar refractivity (Wildman–Crippen MR) is 24.1 cm³/mol. The van der Waals surface area contributed by atoms with E-state index in [1.54, 1.807) is 0 Å². The molecule has 0 aromatic heterocycles. The second-order valence-corrected chi connectivity index (χ2v) is 1.44. The number of nitrogens with one attached hydrogen (secondary N) is 1. The van der Waals surface area contributed by atoms with Crippen molar-refractivity contribution in [3.63, 3.8) is 0 Å². The molecule has 5 nitrogen and oxygen atoms in total. The number of hydrogen-bond acceptors (Lipinski definition) is 4. The molecule has 0 aliphatic carbocycles. The Kier molecular flexibility index (Phi) is 1.18. The van der Waals surface area contributed by atoms with E-state index in [4.69, 9.17) is 0 Å². The molecule has 0 spiro atoms. The molecule has 1 amide bonds. The molecule has 0 saturated carbocycles. The summed E-state index contributed by atoms with van der Waals surface area (Å²) in [5.41, 5.74) is 0. The first-order valence-electron chi connectivity index (χ1n) is 2.23. The summed E-state index contributed by atoms with van der Waals surface area (Å²) in [6.07, 6.45) is 0. The van der Waals surface area contributed by atoms with E-state index in [1.165, 1.54) is 0 Å². The number of carbonyl (C=O) groups excluding carboxylic acids is 3. The van der Waals surface area contributed by atoms with Gasteiger partial charge in [0.1, 0.15) is 6.54 Å². The highest BCUT2D eigenvalue weighted by molar-refractivity contribution is 6.35. The third-order valence-corrected chi connectivity index (χ3v) is 0.785. The van der Waals surface area contributed by atoms with Crippen LogP contribution in [-0.4, -0.2) is 24.4 Å². The van der Waals surface area contributed by atoms with Crippen molar-refractivity contribution in [1.29, 1.82) is 0 Å². The number of carbonyl (C=O) groups is 3. The van der Waals surface area contributed by atoms with Crippen LogP contribution in [0.1, 0.15) is 0 Å². The van der Waals surface area contributed by atoms with Gasteiger partial charge in [0.2, 0.25) is 0 Å². The zero-order valence-corrected chi connectivity index (χ0v) is 4.34. The van der Waals surface area contributed by atoms with Crippen molar-refractivity contribution in [3.8, 4) is 0 Å². The fraction of sp³-hybridized carbons (Fsp3) is 0.250. The molecule has 9 heavy (non-hydrogen) atoms. The Morgan fingerprint density at radius 1 is 1.33 bits per heavy atom. The Balaban J connectivity index is 2.64. The first-order chi connectivity index (χ1) is 4.20. The minimum absolute atomic E-state index is 0.218. The molecule has 1 fully saturated rings. The maximum atomic E-state index is 10.2. The van der Waals surface area contributed by atoms with Crippen LogP contribution in [0.3, 0.4) is 0 Å². The molecule has 0 bridgehead atoms. The van der Waals surface area contributed by atoms with E-state index in [-0.39, 0.29) is 6.54 Å². The monoisotopic (exact) mass is 129 g/mol. The molecule has 0 aromatic rings. The van der Waals surface area contributed by atoms with Crippen molar-refractivity contribution in [2.75, 3.05) is 6.54 Å². The lowest BCUT2D eigenvalue weighted by Gasteiger charge is -2.07. The summed E-state index contributed by atoms with van der Waals surface area (Å²) in [7, 11) is 0. The number of cyclic esters (lactones) is 2. The summed E-state index contributed by atoms with van der Waals surface area (Å²) in [5.74, 6) is -2.72. The van der Waals surface area contributed by atoms with Crippen LogP contribution in [-0.2, 0) is 19.1 Å². The Bertz CT molecular complexity index is 185. The van der Waals surface area contributed by atoms with Crippen molar-refractivity contribution in [2.24, 2.45) is 0 Å². The molecule has 1 aliphatic heterocycles.